The van der Waals surface area contributed by atoms with Crippen molar-refractivity contribution in [2.45, 2.75) is 58.3 Å². The maximum atomic E-state index is 13.5. The molecule has 1 amide bonds. The van der Waals surface area contributed by atoms with E-state index >= 15 is 0 Å². The van der Waals surface area contributed by atoms with Gasteiger partial charge in [0.1, 0.15) is 12.3 Å². The van der Waals surface area contributed by atoms with Crippen LogP contribution in [0.5, 0.6) is 5.75 Å². The van der Waals surface area contributed by atoms with Crippen molar-refractivity contribution in [2.75, 3.05) is 17.5 Å². The van der Waals surface area contributed by atoms with E-state index in [4.69, 9.17) is 16.3 Å². The van der Waals surface area contributed by atoms with Crippen LogP contribution in [0.2, 0.25) is 5.02 Å². The van der Waals surface area contributed by atoms with Gasteiger partial charge >= 0.3 is 0 Å². The lowest BCUT2D eigenvalue weighted by Gasteiger charge is -2.34. The number of nitrogens with one attached hydrogen (secondary N) is 1. The van der Waals surface area contributed by atoms with Gasteiger partial charge in [-0.1, -0.05) is 32.4 Å². The van der Waals surface area contributed by atoms with Gasteiger partial charge in [0.25, 0.3) is 15.9 Å². The molecule has 1 saturated carbocycles. The molecule has 190 valence electrons. The van der Waals surface area contributed by atoms with Gasteiger partial charge in [-0.25, -0.2) is 13.8 Å². The molecular weight excluding hydrogens is 486 g/mol. The second-order valence-corrected chi connectivity index (χ2v) is 12.0. The van der Waals surface area contributed by atoms with Gasteiger partial charge < -0.3 is 4.74 Å². The molecule has 0 atom stereocenters. The third-order valence-electron chi connectivity index (χ3n) is 6.25. The summed E-state index contributed by atoms with van der Waals surface area (Å²) >= 11 is 5.94. The summed E-state index contributed by atoms with van der Waals surface area (Å²) in [5.41, 5.74) is 4.10. The van der Waals surface area contributed by atoms with E-state index < -0.39 is 22.5 Å². The van der Waals surface area contributed by atoms with Crippen molar-refractivity contribution in [1.82, 2.24) is 5.43 Å². The number of hydrazone groups is 1. The molecule has 0 saturated heterocycles. The van der Waals surface area contributed by atoms with Crippen molar-refractivity contribution in [3.63, 3.8) is 0 Å². The number of hydrogen-bond acceptors (Lipinski definition) is 5. The normalized spacial score (nSPS) is 16.5. The molecule has 3 rings (SSSR count). The maximum Gasteiger partial charge on any atom is 0.264 e. The molecule has 9 heteroatoms. The molecule has 1 aliphatic carbocycles. The molecule has 0 heterocycles. The van der Waals surface area contributed by atoms with E-state index in [2.05, 4.69) is 31.3 Å². The molecule has 35 heavy (non-hydrogen) atoms. The van der Waals surface area contributed by atoms with Gasteiger partial charge in [-0.3, -0.25) is 9.10 Å². The van der Waals surface area contributed by atoms with Gasteiger partial charge in [0.2, 0.25) is 0 Å². The summed E-state index contributed by atoms with van der Waals surface area (Å²) < 4.78 is 33.5. The lowest BCUT2D eigenvalue weighted by atomic mass is 9.72. The van der Waals surface area contributed by atoms with E-state index in [9.17, 15) is 13.2 Å². The molecule has 2 aromatic carbocycles. The summed E-state index contributed by atoms with van der Waals surface area (Å²) in [4.78, 5) is 12.9. The van der Waals surface area contributed by atoms with Gasteiger partial charge in [-0.05, 0) is 92.5 Å². The number of amides is 1. The van der Waals surface area contributed by atoms with Gasteiger partial charge in [-0.2, -0.15) is 5.10 Å². The van der Waals surface area contributed by atoms with E-state index in [1.54, 1.807) is 24.3 Å². The van der Waals surface area contributed by atoms with Gasteiger partial charge in [0.05, 0.1) is 17.2 Å². The molecule has 0 aromatic heterocycles. The van der Waals surface area contributed by atoms with Gasteiger partial charge in [0.15, 0.2) is 0 Å². The predicted molar refractivity (Wildman–Crippen MR) is 141 cm³/mol. The number of nitrogens with zero attached hydrogens (tertiary/aromatic N) is 2. The van der Waals surface area contributed by atoms with Crippen LogP contribution in [0, 0.1) is 11.3 Å². The Hall–Kier alpha value is -2.58. The van der Waals surface area contributed by atoms with Crippen molar-refractivity contribution in [1.29, 1.82) is 0 Å². The van der Waals surface area contributed by atoms with E-state index in [-0.39, 0.29) is 10.3 Å². The topological polar surface area (TPSA) is 88.1 Å². The molecular formula is C26H34ClN3O4S. The average Bonchev–Trinajstić information content (AvgIpc) is 2.82. The summed E-state index contributed by atoms with van der Waals surface area (Å²) in [5, 5.41) is 4.73. The molecule has 1 aliphatic rings. The Morgan fingerprint density at radius 1 is 1.09 bits per heavy atom. The monoisotopic (exact) mass is 519 g/mol. The van der Waals surface area contributed by atoms with Crippen LogP contribution in [0.15, 0.2) is 58.5 Å². The Kier molecular flexibility index (Phi) is 8.83. The fraction of sp³-hybridized carbons (Fsp3) is 0.462. The van der Waals surface area contributed by atoms with Crippen LogP contribution in [0.3, 0.4) is 0 Å². The molecule has 0 radical (unpaired) electrons. The van der Waals surface area contributed by atoms with Crippen LogP contribution in [0.1, 0.15) is 53.4 Å². The largest absolute Gasteiger partial charge is 0.494 e. The molecule has 0 aliphatic heterocycles. The minimum atomic E-state index is -4.03. The third-order valence-corrected chi connectivity index (χ3v) is 8.29. The van der Waals surface area contributed by atoms with Crippen LogP contribution >= 0.6 is 11.6 Å². The number of rotatable bonds is 8. The molecule has 2 aromatic rings. The van der Waals surface area contributed by atoms with Crippen LogP contribution in [0.4, 0.5) is 5.69 Å². The van der Waals surface area contributed by atoms with Crippen molar-refractivity contribution in [3.05, 3.63) is 53.6 Å². The van der Waals surface area contributed by atoms with Crippen molar-refractivity contribution in [2.24, 2.45) is 16.4 Å². The highest BCUT2D eigenvalue weighted by molar-refractivity contribution is 7.92. The highest BCUT2D eigenvalue weighted by Gasteiger charge is 2.29. The minimum absolute atomic E-state index is 0.0374. The number of hydrogen-bond donors (Lipinski definition) is 1. The Morgan fingerprint density at radius 3 is 2.23 bits per heavy atom. The van der Waals surface area contributed by atoms with Crippen molar-refractivity contribution >= 4 is 38.9 Å². The van der Waals surface area contributed by atoms with Gasteiger partial charge in [-0.15, -0.1) is 0 Å². The van der Waals surface area contributed by atoms with Crippen LogP contribution < -0.4 is 14.5 Å². The highest BCUT2D eigenvalue weighted by atomic mass is 35.5. The predicted octanol–water partition coefficient (Wildman–Crippen LogP) is 5.64. The van der Waals surface area contributed by atoms with E-state index in [0.717, 1.165) is 35.7 Å². The molecule has 1 N–H and O–H groups in total. The van der Waals surface area contributed by atoms with Crippen LogP contribution in [-0.2, 0) is 14.8 Å². The Balaban J connectivity index is 1.78. The summed E-state index contributed by atoms with van der Waals surface area (Å²) in [7, 11) is -4.03. The Morgan fingerprint density at radius 2 is 1.69 bits per heavy atom. The maximum absolute atomic E-state index is 13.5. The first kappa shape index (κ1) is 27.0. The van der Waals surface area contributed by atoms with E-state index in [1.165, 1.54) is 24.3 Å². The summed E-state index contributed by atoms with van der Waals surface area (Å²) in [6.45, 7) is 8.69. The molecule has 0 unspecified atom stereocenters. The molecule has 7 nitrogen and oxygen atoms in total. The second kappa shape index (κ2) is 11.4. The average molecular weight is 520 g/mol. The standard InChI is InChI=1S/C26H34ClN3O4S/c1-5-34-23-14-12-22(13-15-23)30(35(32,33)24-16-8-20(27)9-17-24)18-25(31)29-28-21-10-6-19(7-11-21)26(2,3)4/h8-9,12-17,19H,5-7,10-11,18H2,1-4H3,(H,29,31). The smallest absolute Gasteiger partial charge is 0.264 e. The number of sulfonamides is 1. The van der Waals surface area contributed by atoms with E-state index in [1.807, 2.05) is 6.92 Å². The lowest BCUT2D eigenvalue weighted by molar-refractivity contribution is -0.119. The summed E-state index contributed by atoms with van der Waals surface area (Å²) in [6.07, 6.45) is 3.71. The summed E-state index contributed by atoms with van der Waals surface area (Å²) in [6, 6.07) is 12.4. The SMILES string of the molecule is CCOc1ccc(N(CC(=O)NN=C2CCC(C(C)(C)C)CC2)S(=O)(=O)c2ccc(Cl)cc2)cc1. The van der Waals surface area contributed by atoms with Crippen LogP contribution in [0.25, 0.3) is 0 Å². The zero-order valence-electron chi connectivity index (χ0n) is 20.8. The quantitative estimate of drug-likeness (QED) is 0.457. The Labute approximate surface area is 213 Å². The fourth-order valence-electron chi connectivity index (χ4n) is 4.16. The van der Waals surface area contributed by atoms with E-state index in [0.29, 0.717) is 29.0 Å². The second-order valence-electron chi connectivity index (χ2n) is 9.75. The van der Waals surface area contributed by atoms with Crippen molar-refractivity contribution < 1.29 is 17.9 Å². The molecule has 0 bridgehead atoms. The van der Waals surface area contributed by atoms with Gasteiger partial charge in [0, 0.05) is 10.7 Å². The highest BCUT2D eigenvalue weighted by Crippen LogP contribution is 2.36. The number of carbonyl (C=O) groups excluding carboxylic acids is 1. The first-order valence-electron chi connectivity index (χ1n) is 11.9. The first-order chi connectivity index (χ1) is 16.5. The zero-order valence-corrected chi connectivity index (χ0v) is 22.3. The number of halogens is 1. The zero-order chi connectivity index (χ0) is 25.6. The van der Waals surface area contributed by atoms with Crippen LogP contribution in [-0.4, -0.2) is 33.2 Å². The third kappa shape index (κ3) is 7.21. The lowest BCUT2D eigenvalue weighted by Crippen LogP contribution is -2.40. The minimum Gasteiger partial charge on any atom is -0.494 e. The number of anilines is 1. The number of ether oxygens (including phenoxy) is 1. The number of benzene rings is 2. The summed E-state index contributed by atoms with van der Waals surface area (Å²) in [5.74, 6) is 0.723. The first-order valence-corrected chi connectivity index (χ1v) is 13.7. The molecule has 0 spiro atoms. The Bertz CT molecular complexity index is 1130. The number of carbonyl (C=O) groups is 1. The molecule has 1 fully saturated rings. The van der Waals surface area contributed by atoms with Crippen molar-refractivity contribution in [3.8, 4) is 5.75 Å². The fourth-order valence-corrected chi connectivity index (χ4v) is 5.71.